The fourth-order valence-electron chi connectivity index (χ4n) is 1.22. The van der Waals surface area contributed by atoms with Crippen LogP contribution in [0.15, 0.2) is 23.9 Å². The molecule has 0 saturated heterocycles. The minimum atomic E-state index is -4.11. The lowest BCUT2D eigenvalue weighted by atomic mass is 10.2. The molecule has 0 radical (unpaired) electrons. The minimum absolute atomic E-state index is 0.0752. The van der Waals surface area contributed by atoms with E-state index in [9.17, 15) is 18.0 Å². The van der Waals surface area contributed by atoms with Gasteiger partial charge in [0, 0.05) is 14.1 Å². The van der Waals surface area contributed by atoms with Crippen molar-refractivity contribution in [2.45, 2.75) is 13.3 Å². The van der Waals surface area contributed by atoms with Gasteiger partial charge in [-0.05, 0) is 31.7 Å². The molecule has 0 unspecified atom stereocenters. The summed E-state index contributed by atoms with van der Waals surface area (Å²) in [5.41, 5.74) is -0.299. The third-order valence-electron chi connectivity index (χ3n) is 2.14. The summed E-state index contributed by atoms with van der Waals surface area (Å²) in [6.07, 6.45) is 4.27. The first-order chi connectivity index (χ1) is 10.2. The highest BCUT2D eigenvalue weighted by molar-refractivity contribution is 7.85. The van der Waals surface area contributed by atoms with Crippen molar-refractivity contribution in [2.24, 2.45) is 0 Å². The molecule has 0 aromatic rings. The van der Waals surface area contributed by atoms with Crippen LogP contribution in [0.25, 0.3) is 0 Å². The summed E-state index contributed by atoms with van der Waals surface area (Å²) in [7, 11) is -0.573. The van der Waals surface area contributed by atoms with Crippen molar-refractivity contribution in [3.05, 3.63) is 23.9 Å². The van der Waals surface area contributed by atoms with E-state index in [0.29, 0.717) is 0 Å². The second-order valence-corrected chi connectivity index (χ2v) is 5.95. The Bertz CT molecular complexity index is 535. The van der Waals surface area contributed by atoms with Crippen molar-refractivity contribution in [3.63, 3.8) is 0 Å². The van der Waals surface area contributed by atoms with E-state index in [1.807, 2.05) is 0 Å². The second kappa shape index (κ2) is 9.96. The Balaban J connectivity index is 4.73. The summed E-state index contributed by atoms with van der Waals surface area (Å²) in [5.74, 6) is -2.28. The van der Waals surface area contributed by atoms with Gasteiger partial charge in [-0.1, -0.05) is 0 Å². The largest absolute Gasteiger partial charge is 0.462 e. The molecule has 0 rings (SSSR count). The number of nitrogens with zero attached hydrogens (tertiary/aromatic N) is 1. The molecule has 1 N–H and O–H groups in total. The average Bonchev–Trinajstić information content (AvgIpc) is 2.38. The van der Waals surface area contributed by atoms with Gasteiger partial charge < -0.3 is 14.4 Å². The lowest BCUT2D eigenvalue weighted by Gasteiger charge is -2.07. The molecule has 0 aromatic heterocycles. The van der Waals surface area contributed by atoms with E-state index >= 15 is 0 Å². The highest BCUT2D eigenvalue weighted by Crippen LogP contribution is 2.04. The Morgan fingerprint density at radius 2 is 1.77 bits per heavy atom. The molecule has 0 spiro atoms. The average molecular weight is 335 g/mol. The van der Waals surface area contributed by atoms with E-state index in [1.165, 1.54) is 12.2 Å². The highest BCUT2D eigenvalue weighted by atomic mass is 32.2. The predicted molar refractivity (Wildman–Crippen MR) is 79.5 cm³/mol. The van der Waals surface area contributed by atoms with E-state index in [2.05, 4.69) is 0 Å². The van der Waals surface area contributed by atoms with Gasteiger partial charge in [0.2, 0.25) is 0 Å². The first kappa shape index (κ1) is 20.1. The Labute approximate surface area is 130 Å². The molecule has 8 nitrogen and oxygen atoms in total. The molecule has 22 heavy (non-hydrogen) atoms. The number of ether oxygens (including phenoxy) is 2. The molecule has 0 amide bonds. The maximum atomic E-state index is 11.8. The van der Waals surface area contributed by atoms with E-state index < -0.39 is 27.8 Å². The topological polar surface area (TPSA) is 110 Å². The van der Waals surface area contributed by atoms with Crippen molar-refractivity contribution < 1.29 is 32.0 Å². The van der Waals surface area contributed by atoms with E-state index in [-0.39, 0.29) is 25.2 Å². The monoisotopic (exact) mass is 335 g/mol. The van der Waals surface area contributed by atoms with Gasteiger partial charge in [0.05, 0.1) is 19.0 Å². The molecule has 0 atom stereocenters. The molecule has 0 aliphatic rings. The Morgan fingerprint density at radius 1 is 1.18 bits per heavy atom. The molecule has 9 heteroatoms. The highest BCUT2D eigenvalue weighted by Gasteiger charge is 2.20. The Kier molecular flexibility index (Phi) is 9.11. The molecule has 0 aromatic carbocycles. The number of rotatable bonds is 9. The van der Waals surface area contributed by atoms with Gasteiger partial charge in [-0.15, -0.1) is 0 Å². The van der Waals surface area contributed by atoms with Crippen LogP contribution in [0.1, 0.15) is 13.3 Å². The van der Waals surface area contributed by atoms with Crippen molar-refractivity contribution in [1.82, 2.24) is 4.90 Å². The summed E-state index contributed by atoms with van der Waals surface area (Å²) < 4.78 is 39.1. The van der Waals surface area contributed by atoms with E-state index in [0.717, 1.165) is 0 Å². The van der Waals surface area contributed by atoms with Crippen LogP contribution in [0, 0.1) is 0 Å². The standard InChI is InChI=1S/C13H21NO7S/c1-4-20-12(15)11(7-5-8-14(2)3)13(16)21-9-6-10-22(17,18)19/h5,7-8H,4,6,9-10H2,1-3H3,(H,17,18,19). The van der Waals surface area contributed by atoms with Crippen LogP contribution >= 0.6 is 0 Å². The van der Waals surface area contributed by atoms with Gasteiger partial charge in [-0.3, -0.25) is 4.55 Å². The zero-order chi connectivity index (χ0) is 17.2. The molecule has 0 fully saturated rings. The number of hydrogen-bond acceptors (Lipinski definition) is 7. The first-order valence-corrected chi connectivity index (χ1v) is 8.12. The van der Waals surface area contributed by atoms with Gasteiger partial charge in [-0.25, -0.2) is 9.59 Å². The molecular formula is C13H21NO7S. The first-order valence-electron chi connectivity index (χ1n) is 6.51. The summed E-state index contributed by atoms with van der Waals surface area (Å²) in [6, 6.07) is 0. The lowest BCUT2D eigenvalue weighted by Crippen LogP contribution is -2.19. The van der Waals surface area contributed by atoms with E-state index in [1.54, 1.807) is 32.1 Å². The number of carbonyl (C=O) groups excluding carboxylic acids is 2. The Morgan fingerprint density at radius 3 is 2.27 bits per heavy atom. The van der Waals surface area contributed by atoms with Crippen LogP contribution < -0.4 is 0 Å². The van der Waals surface area contributed by atoms with Crippen LogP contribution in [-0.2, 0) is 29.2 Å². The Hall–Kier alpha value is -1.87. The summed E-state index contributed by atoms with van der Waals surface area (Å²) in [4.78, 5) is 25.2. The molecule has 0 heterocycles. The number of esters is 2. The smallest absolute Gasteiger partial charge is 0.345 e. The van der Waals surface area contributed by atoms with Crippen molar-refractivity contribution in [3.8, 4) is 0 Å². The van der Waals surface area contributed by atoms with Gasteiger partial charge in [0.25, 0.3) is 10.1 Å². The van der Waals surface area contributed by atoms with Gasteiger partial charge in [0.15, 0.2) is 0 Å². The number of hydrogen-bond donors (Lipinski definition) is 1. The molecule has 0 aliphatic carbocycles. The molecular weight excluding hydrogens is 314 g/mol. The molecule has 0 aliphatic heterocycles. The zero-order valence-electron chi connectivity index (χ0n) is 12.8. The van der Waals surface area contributed by atoms with Crippen LogP contribution in [0.4, 0.5) is 0 Å². The number of allylic oxidation sites excluding steroid dienone is 2. The van der Waals surface area contributed by atoms with Gasteiger partial charge >= 0.3 is 11.9 Å². The minimum Gasteiger partial charge on any atom is -0.462 e. The van der Waals surface area contributed by atoms with Crippen LogP contribution in [0.3, 0.4) is 0 Å². The zero-order valence-corrected chi connectivity index (χ0v) is 13.6. The fraction of sp³-hybridized carbons (Fsp3) is 0.538. The normalized spacial score (nSPS) is 12.3. The summed E-state index contributed by atoms with van der Waals surface area (Å²) in [6.45, 7) is 1.46. The molecule has 0 bridgehead atoms. The summed E-state index contributed by atoms with van der Waals surface area (Å²) in [5, 5.41) is 0. The SMILES string of the molecule is CCOC(=O)C(=CC=CN(C)C)C(=O)OCCCS(=O)(=O)O. The maximum absolute atomic E-state index is 11.8. The molecule has 126 valence electrons. The van der Waals surface area contributed by atoms with Crippen LogP contribution in [0.5, 0.6) is 0 Å². The van der Waals surface area contributed by atoms with Crippen LogP contribution in [0.2, 0.25) is 0 Å². The molecule has 0 saturated carbocycles. The summed E-state index contributed by atoms with van der Waals surface area (Å²) >= 11 is 0. The lowest BCUT2D eigenvalue weighted by molar-refractivity contribution is -0.146. The third-order valence-corrected chi connectivity index (χ3v) is 2.95. The predicted octanol–water partition coefficient (Wildman–Crippen LogP) is 0.372. The quantitative estimate of drug-likeness (QED) is 0.122. The van der Waals surface area contributed by atoms with Crippen molar-refractivity contribution >= 4 is 22.1 Å². The van der Waals surface area contributed by atoms with Crippen molar-refractivity contribution in [2.75, 3.05) is 33.1 Å². The maximum Gasteiger partial charge on any atom is 0.345 e. The number of carbonyl (C=O) groups is 2. The van der Waals surface area contributed by atoms with Gasteiger partial charge in [0.1, 0.15) is 5.57 Å². The van der Waals surface area contributed by atoms with Gasteiger partial charge in [-0.2, -0.15) is 8.42 Å². The van der Waals surface area contributed by atoms with Crippen LogP contribution in [-0.4, -0.2) is 62.9 Å². The van der Waals surface area contributed by atoms with Crippen molar-refractivity contribution in [1.29, 1.82) is 0 Å². The second-order valence-electron chi connectivity index (χ2n) is 4.38. The fourth-order valence-corrected chi connectivity index (χ4v) is 1.71. The third kappa shape index (κ3) is 9.94. The van der Waals surface area contributed by atoms with E-state index in [4.69, 9.17) is 14.0 Å².